The maximum atomic E-state index is 13.2. The van der Waals surface area contributed by atoms with E-state index in [1.165, 1.54) is 6.07 Å². The van der Waals surface area contributed by atoms with Crippen molar-refractivity contribution in [3.63, 3.8) is 0 Å². The molecule has 0 aliphatic carbocycles. The molecule has 1 unspecified atom stereocenters. The number of hydrogen-bond donors (Lipinski definition) is 1. The maximum absolute atomic E-state index is 13.2. The maximum Gasteiger partial charge on any atom is 0.137 e. The fourth-order valence-electron chi connectivity index (χ4n) is 2.18. The van der Waals surface area contributed by atoms with Crippen LogP contribution >= 0.6 is 11.6 Å². The first-order valence-electron chi connectivity index (χ1n) is 6.39. The van der Waals surface area contributed by atoms with Crippen molar-refractivity contribution in [1.82, 2.24) is 5.32 Å². The Morgan fingerprint density at radius 2 is 2.05 bits per heavy atom. The van der Waals surface area contributed by atoms with Gasteiger partial charge in [-0.2, -0.15) is 0 Å². The Bertz CT molecular complexity index is 588. The van der Waals surface area contributed by atoms with E-state index in [2.05, 4.69) is 5.32 Å². The molecule has 0 bridgehead atoms. The number of nitrogens with one attached hydrogen (secondary N) is 1. The summed E-state index contributed by atoms with van der Waals surface area (Å²) in [6.07, 6.45) is 0.693. The molecule has 0 saturated carbocycles. The number of rotatable bonds is 5. The number of benzene rings is 2. The minimum absolute atomic E-state index is 0.0722. The van der Waals surface area contributed by atoms with Gasteiger partial charge in [0, 0.05) is 6.04 Å². The predicted molar refractivity (Wildman–Crippen MR) is 79.9 cm³/mol. The van der Waals surface area contributed by atoms with E-state index in [1.807, 2.05) is 31.3 Å². The van der Waals surface area contributed by atoms with Gasteiger partial charge in [-0.3, -0.25) is 0 Å². The molecule has 2 nitrogen and oxygen atoms in total. The highest BCUT2D eigenvalue weighted by molar-refractivity contribution is 6.32. The molecule has 0 aliphatic rings. The molecule has 0 aromatic heterocycles. The van der Waals surface area contributed by atoms with Gasteiger partial charge in [-0.15, -0.1) is 0 Å². The summed E-state index contributed by atoms with van der Waals surface area (Å²) in [6, 6.07) is 12.4. The summed E-state index contributed by atoms with van der Waals surface area (Å²) < 4.78 is 18.5. The number of hydrogen-bond acceptors (Lipinski definition) is 2. The fraction of sp³-hybridized carbons (Fsp3) is 0.250. The summed E-state index contributed by atoms with van der Waals surface area (Å²) in [7, 11) is 3.47. The molecule has 0 aliphatic heterocycles. The van der Waals surface area contributed by atoms with Gasteiger partial charge in [0.05, 0.1) is 12.1 Å². The molecule has 2 aromatic rings. The SMILES string of the molecule is CNC(Cc1cccc(F)c1)c1ccc(Cl)c(OC)c1. The smallest absolute Gasteiger partial charge is 0.137 e. The van der Waals surface area contributed by atoms with Crippen LogP contribution in [0.3, 0.4) is 0 Å². The highest BCUT2D eigenvalue weighted by atomic mass is 35.5. The van der Waals surface area contributed by atoms with Crippen LogP contribution in [0.25, 0.3) is 0 Å². The summed E-state index contributed by atoms with van der Waals surface area (Å²) in [4.78, 5) is 0. The van der Waals surface area contributed by atoms with Crippen molar-refractivity contribution in [2.45, 2.75) is 12.5 Å². The van der Waals surface area contributed by atoms with E-state index in [-0.39, 0.29) is 11.9 Å². The van der Waals surface area contributed by atoms with Crippen LogP contribution in [0.1, 0.15) is 17.2 Å². The third-order valence-corrected chi connectivity index (χ3v) is 3.57. The van der Waals surface area contributed by atoms with E-state index in [1.54, 1.807) is 19.2 Å². The predicted octanol–water partition coefficient (Wildman–Crippen LogP) is 3.99. The third-order valence-electron chi connectivity index (χ3n) is 3.25. The number of halogens is 2. The lowest BCUT2D eigenvalue weighted by molar-refractivity contribution is 0.413. The molecule has 1 atom stereocenters. The average Bonchev–Trinajstić information content (AvgIpc) is 2.45. The molecule has 0 heterocycles. The Kier molecular flexibility index (Phi) is 4.99. The second kappa shape index (κ2) is 6.73. The largest absolute Gasteiger partial charge is 0.495 e. The van der Waals surface area contributed by atoms with Gasteiger partial charge >= 0.3 is 0 Å². The first kappa shape index (κ1) is 14.8. The van der Waals surface area contributed by atoms with E-state index in [0.29, 0.717) is 17.2 Å². The van der Waals surface area contributed by atoms with Crippen molar-refractivity contribution in [3.05, 3.63) is 64.4 Å². The quantitative estimate of drug-likeness (QED) is 0.900. The van der Waals surface area contributed by atoms with Crippen LogP contribution in [0.2, 0.25) is 5.02 Å². The molecule has 0 spiro atoms. The second-order valence-corrected chi connectivity index (χ2v) is 4.98. The molecule has 2 rings (SSSR count). The first-order valence-corrected chi connectivity index (χ1v) is 6.77. The number of likely N-dealkylation sites (N-methyl/N-ethyl adjacent to an activating group) is 1. The molecule has 1 N–H and O–H groups in total. The molecule has 0 fully saturated rings. The van der Waals surface area contributed by atoms with Gasteiger partial charge in [0.15, 0.2) is 0 Å². The van der Waals surface area contributed by atoms with Gasteiger partial charge in [-0.05, 0) is 48.9 Å². The molecular weight excluding hydrogens is 277 g/mol. The lowest BCUT2D eigenvalue weighted by Crippen LogP contribution is -2.19. The third kappa shape index (κ3) is 3.50. The van der Waals surface area contributed by atoms with Crippen LogP contribution < -0.4 is 10.1 Å². The van der Waals surface area contributed by atoms with Crippen LogP contribution in [-0.2, 0) is 6.42 Å². The van der Waals surface area contributed by atoms with Crippen LogP contribution in [0.4, 0.5) is 4.39 Å². The van der Waals surface area contributed by atoms with Crippen molar-refractivity contribution in [1.29, 1.82) is 0 Å². The van der Waals surface area contributed by atoms with E-state index in [9.17, 15) is 4.39 Å². The van der Waals surface area contributed by atoms with Crippen LogP contribution in [0.15, 0.2) is 42.5 Å². The van der Waals surface area contributed by atoms with Gasteiger partial charge in [-0.1, -0.05) is 29.8 Å². The molecular formula is C16H17ClFNO. The molecule has 0 radical (unpaired) electrons. The number of ether oxygens (including phenoxy) is 1. The Morgan fingerprint density at radius 1 is 1.25 bits per heavy atom. The zero-order valence-electron chi connectivity index (χ0n) is 11.5. The Balaban J connectivity index is 2.24. The molecule has 106 valence electrons. The second-order valence-electron chi connectivity index (χ2n) is 4.57. The summed E-state index contributed by atoms with van der Waals surface area (Å²) in [6.45, 7) is 0. The Morgan fingerprint density at radius 3 is 2.70 bits per heavy atom. The summed E-state index contributed by atoms with van der Waals surface area (Å²) in [5.41, 5.74) is 2.00. The fourth-order valence-corrected chi connectivity index (χ4v) is 2.37. The number of methoxy groups -OCH3 is 1. The Hall–Kier alpha value is -1.58. The van der Waals surface area contributed by atoms with Crippen molar-refractivity contribution >= 4 is 11.6 Å². The van der Waals surface area contributed by atoms with Crippen molar-refractivity contribution in [2.24, 2.45) is 0 Å². The minimum Gasteiger partial charge on any atom is -0.495 e. The lowest BCUT2D eigenvalue weighted by Gasteiger charge is -2.18. The van der Waals surface area contributed by atoms with Gasteiger partial charge < -0.3 is 10.1 Å². The van der Waals surface area contributed by atoms with E-state index < -0.39 is 0 Å². The molecule has 2 aromatic carbocycles. The summed E-state index contributed by atoms with van der Waals surface area (Å²) in [5.74, 6) is 0.426. The van der Waals surface area contributed by atoms with Gasteiger partial charge in [0.1, 0.15) is 11.6 Å². The van der Waals surface area contributed by atoms with Crippen LogP contribution in [-0.4, -0.2) is 14.2 Å². The molecule has 4 heteroatoms. The first-order chi connectivity index (χ1) is 9.63. The van der Waals surface area contributed by atoms with Gasteiger partial charge in [0.2, 0.25) is 0 Å². The van der Waals surface area contributed by atoms with Gasteiger partial charge in [-0.25, -0.2) is 4.39 Å². The van der Waals surface area contributed by atoms with E-state index in [0.717, 1.165) is 11.1 Å². The van der Waals surface area contributed by atoms with Crippen LogP contribution in [0.5, 0.6) is 5.75 Å². The van der Waals surface area contributed by atoms with E-state index in [4.69, 9.17) is 16.3 Å². The highest BCUT2D eigenvalue weighted by Gasteiger charge is 2.13. The van der Waals surface area contributed by atoms with Gasteiger partial charge in [0.25, 0.3) is 0 Å². The standard InChI is InChI=1S/C16H17ClFNO/c1-19-15(9-11-4-3-5-13(18)8-11)12-6-7-14(17)16(10-12)20-2/h3-8,10,15,19H,9H2,1-2H3. The topological polar surface area (TPSA) is 21.3 Å². The summed E-state index contributed by atoms with van der Waals surface area (Å²) in [5, 5.41) is 3.82. The Labute approximate surface area is 123 Å². The summed E-state index contributed by atoms with van der Waals surface area (Å²) >= 11 is 6.03. The monoisotopic (exact) mass is 293 g/mol. The van der Waals surface area contributed by atoms with E-state index >= 15 is 0 Å². The zero-order valence-corrected chi connectivity index (χ0v) is 12.2. The highest BCUT2D eigenvalue weighted by Crippen LogP contribution is 2.29. The van der Waals surface area contributed by atoms with Crippen molar-refractivity contribution in [2.75, 3.05) is 14.2 Å². The molecule has 0 saturated heterocycles. The average molecular weight is 294 g/mol. The molecule has 20 heavy (non-hydrogen) atoms. The minimum atomic E-state index is -0.217. The normalized spacial score (nSPS) is 12.2. The molecule has 0 amide bonds. The van der Waals surface area contributed by atoms with Crippen molar-refractivity contribution < 1.29 is 9.13 Å². The lowest BCUT2D eigenvalue weighted by atomic mass is 9.99. The van der Waals surface area contributed by atoms with Crippen LogP contribution in [0, 0.1) is 5.82 Å². The van der Waals surface area contributed by atoms with Crippen molar-refractivity contribution in [3.8, 4) is 5.75 Å². The zero-order chi connectivity index (χ0) is 14.5.